The number of hydrogen-bond acceptors (Lipinski definition) is 4. The summed E-state index contributed by atoms with van der Waals surface area (Å²) in [5.74, 6) is 0.0301. The van der Waals surface area contributed by atoms with Crippen LogP contribution in [-0.2, 0) is 4.79 Å². The normalized spacial score (nSPS) is 16.4. The molecule has 0 aliphatic carbocycles. The molecule has 0 aromatic carbocycles. The molecular formula is C14H24N4O. The molecule has 106 valence electrons. The number of nitrogens with zero attached hydrogens (tertiary/aromatic N) is 3. The Balaban J connectivity index is 0.000000861. The highest BCUT2D eigenvalue weighted by Gasteiger charge is 2.16. The molecule has 1 aliphatic rings. The number of likely N-dealkylation sites (N-methyl/N-ethyl adjacent to an activating group) is 1. The van der Waals surface area contributed by atoms with E-state index in [0.29, 0.717) is 6.54 Å². The third kappa shape index (κ3) is 5.81. The van der Waals surface area contributed by atoms with Crippen LogP contribution in [0.15, 0.2) is 24.5 Å². The van der Waals surface area contributed by atoms with E-state index in [4.69, 9.17) is 0 Å². The lowest BCUT2D eigenvalue weighted by atomic mass is 10.3. The van der Waals surface area contributed by atoms with Gasteiger partial charge in [0.1, 0.15) is 0 Å². The fraction of sp³-hybridized carbons (Fsp3) is 0.571. The number of hydrogen-bond donors (Lipinski definition) is 1. The van der Waals surface area contributed by atoms with Crippen LogP contribution in [0.25, 0.3) is 0 Å². The molecule has 1 N–H and O–H groups in total. The van der Waals surface area contributed by atoms with Crippen molar-refractivity contribution in [3.63, 3.8) is 0 Å². The first-order chi connectivity index (χ1) is 9.24. The molecule has 1 aromatic heterocycles. The maximum atomic E-state index is 11.8. The third-order valence-electron chi connectivity index (χ3n) is 2.91. The van der Waals surface area contributed by atoms with Gasteiger partial charge in [0.2, 0.25) is 5.91 Å². The fourth-order valence-corrected chi connectivity index (χ4v) is 1.85. The number of anilines is 1. The molecule has 2 rings (SSSR count). The average Bonchev–Trinajstić information content (AvgIpc) is 2.45. The number of pyridine rings is 1. The minimum absolute atomic E-state index is 0.0301. The first-order valence-electron chi connectivity index (χ1n) is 6.85. The summed E-state index contributed by atoms with van der Waals surface area (Å²) in [4.78, 5) is 20.2. The first kappa shape index (κ1) is 15.6. The zero-order valence-electron chi connectivity index (χ0n) is 12.1. The van der Waals surface area contributed by atoms with E-state index in [1.807, 2.05) is 26.0 Å². The van der Waals surface area contributed by atoms with Gasteiger partial charge in [-0.2, -0.15) is 0 Å². The number of rotatable bonds is 3. The van der Waals surface area contributed by atoms with E-state index >= 15 is 0 Å². The predicted molar refractivity (Wildman–Crippen MR) is 78.2 cm³/mol. The summed E-state index contributed by atoms with van der Waals surface area (Å²) >= 11 is 0. The molecule has 0 spiro atoms. The first-order valence-corrected chi connectivity index (χ1v) is 6.85. The van der Waals surface area contributed by atoms with E-state index in [-0.39, 0.29) is 5.91 Å². The Hall–Kier alpha value is -1.46. The Morgan fingerprint density at radius 2 is 2.00 bits per heavy atom. The molecule has 0 radical (unpaired) electrons. The standard InChI is InChI=1S/C12H18N4O.C2H6/c1-15-5-7-16(8-6-15)10-12(17)14-11-3-2-4-13-9-11;1-2/h2-4,9H,5-8,10H2,1H3,(H,14,17);1-2H3. The van der Waals surface area contributed by atoms with Crippen LogP contribution in [0.2, 0.25) is 0 Å². The summed E-state index contributed by atoms with van der Waals surface area (Å²) < 4.78 is 0. The molecular weight excluding hydrogens is 240 g/mol. The van der Waals surface area contributed by atoms with Crippen molar-refractivity contribution in [1.29, 1.82) is 0 Å². The average molecular weight is 264 g/mol. The summed E-state index contributed by atoms with van der Waals surface area (Å²) in [5.41, 5.74) is 0.756. The molecule has 2 heterocycles. The molecule has 19 heavy (non-hydrogen) atoms. The molecule has 5 nitrogen and oxygen atoms in total. The summed E-state index contributed by atoms with van der Waals surface area (Å²) in [7, 11) is 2.10. The van der Waals surface area contributed by atoms with Gasteiger partial charge in [0, 0.05) is 32.4 Å². The smallest absolute Gasteiger partial charge is 0.238 e. The van der Waals surface area contributed by atoms with Gasteiger partial charge in [0.15, 0.2) is 0 Å². The van der Waals surface area contributed by atoms with Gasteiger partial charge in [0.05, 0.1) is 18.4 Å². The number of carbonyl (C=O) groups is 1. The van der Waals surface area contributed by atoms with Crippen molar-refractivity contribution in [3.05, 3.63) is 24.5 Å². The van der Waals surface area contributed by atoms with Crippen LogP contribution in [0, 0.1) is 0 Å². The van der Waals surface area contributed by atoms with E-state index in [0.717, 1.165) is 31.9 Å². The Bertz CT molecular complexity index is 361. The van der Waals surface area contributed by atoms with Crippen LogP contribution < -0.4 is 5.32 Å². The number of piperazine rings is 1. The van der Waals surface area contributed by atoms with Gasteiger partial charge in [-0.25, -0.2) is 0 Å². The lowest BCUT2D eigenvalue weighted by Crippen LogP contribution is -2.47. The van der Waals surface area contributed by atoms with Crippen molar-refractivity contribution in [2.75, 3.05) is 45.1 Å². The van der Waals surface area contributed by atoms with Crippen molar-refractivity contribution in [1.82, 2.24) is 14.8 Å². The van der Waals surface area contributed by atoms with Crippen molar-refractivity contribution in [2.45, 2.75) is 13.8 Å². The van der Waals surface area contributed by atoms with Crippen molar-refractivity contribution in [3.8, 4) is 0 Å². The lowest BCUT2D eigenvalue weighted by molar-refractivity contribution is -0.117. The second-order valence-corrected chi connectivity index (χ2v) is 4.37. The summed E-state index contributed by atoms with van der Waals surface area (Å²) in [5, 5.41) is 2.84. The second-order valence-electron chi connectivity index (χ2n) is 4.37. The quantitative estimate of drug-likeness (QED) is 0.894. The van der Waals surface area contributed by atoms with Crippen molar-refractivity contribution in [2.24, 2.45) is 0 Å². The van der Waals surface area contributed by atoms with Gasteiger partial charge in [-0.3, -0.25) is 14.7 Å². The number of carbonyl (C=O) groups excluding carboxylic acids is 1. The molecule has 1 fully saturated rings. The number of aromatic nitrogens is 1. The zero-order valence-corrected chi connectivity index (χ0v) is 12.1. The molecule has 1 aromatic rings. The van der Waals surface area contributed by atoms with Gasteiger partial charge in [0.25, 0.3) is 0 Å². The largest absolute Gasteiger partial charge is 0.324 e. The fourth-order valence-electron chi connectivity index (χ4n) is 1.85. The molecule has 5 heteroatoms. The van der Waals surface area contributed by atoms with E-state index in [9.17, 15) is 4.79 Å². The van der Waals surface area contributed by atoms with Crippen LogP contribution in [0.1, 0.15) is 13.8 Å². The van der Waals surface area contributed by atoms with Gasteiger partial charge in [-0.05, 0) is 19.2 Å². The molecule has 0 atom stereocenters. The minimum Gasteiger partial charge on any atom is -0.324 e. The summed E-state index contributed by atoms with van der Waals surface area (Å²) in [6.45, 7) is 8.43. The molecule has 0 unspecified atom stereocenters. The highest BCUT2D eigenvalue weighted by molar-refractivity contribution is 5.92. The monoisotopic (exact) mass is 264 g/mol. The van der Waals surface area contributed by atoms with Gasteiger partial charge >= 0.3 is 0 Å². The minimum atomic E-state index is 0.0301. The molecule has 1 aliphatic heterocycles. The summed E-state index contributed by atoms with van der Waals surface area (Å²) in [6.07, 6.45) is 3.35. The zero-order chi connectivity index (χ0) is 14.1. The van der Waals surface area contributed by atoms with E-state index in [1.54, 1.807) is 12.4 Å². The predicted octanol–water partition coefficient (Wildman–Crippen LogP) is 1.29. The van der Waals surface area contributed by atoms with E-state index in [2.05, 4.69) is 27.1 Å². The molecule has 0 saturated carbocycles. The van der Waals surface area contributed by atoms with Crippen LogP contribution in [0.3, 0.4) is 0 Å². The Morgan fingerprint density at radius 3 is 2.58 bits per heavy atom. The maximum Gasteiger partial charge on any atom is 0.238 e. The maximum absolute atomic E-state index is 11.8. The molecule has 1 saturated heterocycles. The SMILES string of the molecule is CC.CN1CCN(CC(=O)Nc2cccnc2)CC1. The Kier molecular flexibility index (Phi) is 7.07. The Morgan fingerprint density at radius 1 is 1.32 bits per heavy atom. The van der Waals surface area contributed by atoms with Gasteiger partial charge in [-0.1, -0.05) is 13.8 Å². The highest BCUT2D eigenvalue weighted by Crippen LogP contribution is 2.04. The van der Waals surface area contributed by atoms with Gasteiger partial charge < -0.3 is 10.2 Å². The van der Waals surface area contributed by atoms with E-state index < -0.39 is 0 Å². The number of amides is 1. The van der Waals surface area contributed by atoms with Gasteiger partial charge in [-0.15, -0.1) is 0 Å². The van der Waals surface area contributed by atoms with Crippen LogP contribution in [-0.4, -0.2) is 60.5 Å². The number of nitrogens with one attached hydrogen (secondary N) is 1. The topological polar surface area (TPSA) is 48.5 Å². The van der Waals surface area contributed by atoms with E-state index in [1.165, 1.54) is 0 Å². The lowest BCUT2D eigenvalue weighted by Gasteiger charge is -2.31. The van der Waals surface area contributed by atoms with Crippen LogP contribution in [0.4, 0.5) is 5.69 Å². The van der Waals surface area contributed by atoms with Crippen molar-refractivity contribution < 1.29 is 4.79 Å². The van der Waals surface area contributed by atoms with Crippen molar-refractivity contribution >= 4 is 11.6 Å². The van der Waals surface area contributed by atoms with Crippen LogP contribution in [0.5, 0.6) is 0 Å². The Labute approximate surface area is 115 Å². The molecule has 1 amide bonds. The van der Waals surface area contributed by atoms with Crippen LogP contribution >= 0.6 is 0 Å². The second kappa shape index (κ2) is 8.61. The highest BCUT2D eigenvalue weighted by atomic mass is 16.2. The summed E-state index contributed by atoms with van der Waals surface area (Å²) in [6, 6.07) is 3.65. The molecule has 0 bridgehead atoms. The third-order valence-corrected chi connectivity index (χ3v) is 2.91.